The minimum absolute atomic E-state index is 0. The molecule has 14 heteroatoms. The van der Waals surface area contributed by atoms with Crippen LogP contribution in [-0.4, -0.2) is 140 Å². The molecule has 0 aliphatic carbocycles. The zero-order valence-corrected chi connectivity index (χ0v) is 45.3. The number of hydrogen-bond donors (Lipinski definition) is 1. The van der Waals surface area contributed by atoms with Crippen molar-refractivity contribution in [3.63, 3.8) is 0 Å². The molecule has 2 heterocycles. The zero-order chi connectivity index (χ0) is 53.4. The van der Waals surface area contributed by atoms with E-state index in [4.69, 9.17) is 14.2 Å². The number of nitrogens with zero attached hydrogens (tertiary/aromatic N) is 4. The van der Waals surface area contributed by atoms with Crippen LogP contribution in [0.2, 0.25) is 0 Å². The summed E-state index contributed by atoms with van der Waals surface area (Å²) in [5.41, 5.74) is 7.34. The van der Waals surface area contributed by atoms with Gasteiger partial charge in [-0.25, -0.2) is 9.59 Å². The van der Waals surface area contributed by atoms with E-state index >= 15 is 0 Å². The van der Waals surface area contributed by atoms with Crippen LogP contribution in [0.15, 0.2) is 158 Å². The van der Waals surface area contributed by atoms with E-state index < -0.39 is 35.9 Å². The van der Waals surface area contributed by atoms with E-state index in [9.17, 15) is 24.3 Å². The molecular formula is C64H71LiN4O9. The second-order valence-electron chi connectivity index (χ2n) is 19.0. The van der Waals surface area contributed by atoms with Gasteiger partial charge in [-0.05, 0) is 111 Å². The molecule has 2 N–H and O–H groups in total. The molecule has 2 fully saturated rings. The number of aryl methyl sites for hydroxylation is 2. The van der Waals surface area contributed by atoms with Crippen LogP contribution < -0.4 is 28.3 Å². The molecule has 0 unspecified atom stereocenters. The molecule has 78 heavy (non-hydrogen) atoms. The van der Waals surface area contributed by atoms with E-state index in [0.29, 0.717) is 39.0 Å². The number of esters is 1. The van der Waals surface area contributed by atoms with Crippen molar-refractivity contribution in [3.8, 4) is 35.2 Å². The van der Waals surface area contributed by atoms with Crippen molar-refractivity contribution in [2.75, 3.05) is 61.6 Å². The van der Waals surface area contributed by atoms with Crippen LogP contribution in [0.3, 0.4) is 0 Å². The molecule has 0 aromatic heterocycles. The van der Waals surface area contributed by atoms with Gasteiger partial charge in [-0.15, -0.1) is 0 Å². The molecule has 402 valence electrons. The second kappa shape index (κ2) is 30.4. The normalized spacial score (nSPS) is 16.2. The van der Waals surface area contributed by atoms with Gasteiger partial charge in [0.05, 0.1) is 46.3 Å². The number of carbonyl (C=O) groups is 4. The molecule has 6 aromatic carbocycles. The number of carboxylic acids is 1. The number of hydrogen-bond acceptors (Lipinski definition) is 10. The summed E-state index contributed by atoms with van der Waals surface area (Å²) in [6.07, 6.45) is 0.853. The van der Waals surface area contributed by atoms with Gasteiger partial charge in [0.25, 0.3) is 0 Å². The molecule has 13 nitrogen and oxygen atoms in total. The van der Waals surface area contributed by atoms with Crippen molar-refractivity contribution in [1.82, 2.24) is 19.6 Å². The molecule has 2 amide bonds. The van der Waals surface area contributed by atoms with Crippen molar-refractivity contribution in [2.45, 2.75) is 70.1 Å². The smallest absolute Gasteiger partial charge is 0.870 e. The fraction of sp³-hybridized carbons (Fsp3) is 0.312. The number of amides is 2. The SMILES string of the molecule is C.COC(=O)[C@@H]1C[C@H](N(C)CC#Cc2ccc(OC)c(C)c2)CN1C(=O)C(c1ccccc1)c1ccccc1.COc1ccc(C#CCN(C)[C@H]2C[C@@H](C(=O)O)N(C(=O)C(c3ccccc3)c3ccccc3)C2)cc1C.[Li+].[OH-]. The van der Waals surface area contributed by atoms with Crippen LogP contribution in [0, 0.1) is 37.5 Å². The molecule has 2 saturated heterocycles. The minimum atomic E-state index is -0.982. The predicted molar refractivity (Wildman–Crippen MR) is 300 cm³/mol. The Morgan fingerprint density at radius 1 is 0.564 bits per heavy atom. The standard InChI is InChI=1S/C32H34N2O4.C31H32N2O4.CH4.Li.H2O/c1-23-20-24(17-18-29(23)37-3)12-11-19-33(2)27-21-28(32(36)38-4)34(22-27)31(35)30(25-13-7-5-8-14-25)26-15-9-6-10-16-26;1-22-19-23(16-17-28(22)37-3)11-10-18-32(2)26-20-27(31(35)36)33(21-26)30(34)29(24-12-6-4-7-13-24)25-14-8-5-9-15-25;;;/h5-10,13-18,20,27-28,30H,19,21-22H2,1-4H3;4-9,12-17,19,26-27,29H,18,20-21H2,1-3H3,(H,35,36);1H4;;1H2/q;;;+1;/p-1/t27-,28-;26-,27-;;;/m00.../s1. The summed E-state index contributed by atoms with van der Waals surface area (Å²) >= 11 is 0. The van der Waals surface area contributed by atoms with Crippen LogP contribution in [0.5, 0.6) is 11.5 Å². The summed E-state index contributed by atoms with van der Waals surface area (Å²) in [6.45, 7) is 5.70. The summed E-state index contributed by atoms with van der Waals surface area (Å²) in [5.74, 6) is 11.7. The van der Waals surface area contributed by atoms with Gasteiger partial charge < -0.3 is 34.6 Å². The summed E-state index contributed by atoms with van der Waals surface area (Å²) in [7, 11) is 8.58. The van der Waals surface area contributed by atoms with E-state index in [2.05, 4.69) is 28.6 Å². The van der Waals surface area contributed by atoms with Crippen molar-refractivity contribution < 1.29 is 62.8 Å². The van der Waals surface area contributed by atoms with Gasteiger partial charge in [0, 0.05) is 36.3 Å². The Balaban J connectivity index is 0.000000324. The Kier molecular flexibility index (Phi) is 24.5. The second-order valence-corrected chi connectivity index (χ2v) is 19.0. The van der Waals surface area contributed by atoms with Crippen molar-refractivity contribution in [2.24, 2.45) is 0 Å². The van der Waals surface area contributed by atoms with Gasteiger partial charge in [-0.2, -0.15) is 0 Å². The maximum atomic E-state index is 14.1. The van der Waals surface area contributed by atoms with Crippen LogP contribution in [-0.2, 0) is 23.9 Å². The Bertz CT molecular complexity index is 2950. The van der Waals surface area contributed by atoms with Crippen LogP contribution >= 0.6 is 0 Å². The van der Waals surface area contributed by atoms with Crippen molar-refractivity contribution >= 4 is 23.8 Å². The molecular weight excluding hydrogens is 976 g/mol. The fourth-order valence-corrected chi connectivity index (χ4v) is 9.92. The summed E-state index contributed by atoms with van der Waals surface area (Å²) in [5, 5.41) is 10.00. The van der Waals surface area contributed by atoms with Crippen LogP contribution in [0.4, 0.5) is 0 Å². The topological polar surface area (TPSA) is 159 Å². The van der Waals surface area contributed by atoms with E-state index in [0.717, 1.165) is 56.0 Å². The maximum absolute atomic E-state index is 14.1. The molecule has 0 spiro atoms. The first-order chi connectivity index (χ1) is 36.3. The van der Waals surface area contributed by atoms with Crippen LogP contribution in [0.1, 0.15) is 76.6 Å². The van der Waals surface area contributed by atoms with Gasteiger partial charge >= 0.3 is 30.8 Å². The van der Waals surface area contributed by atoms with E-state index in [1.54, 1.807) is 19.1 Å². The first kappa shape index (κ1) is 62.9. The van der Waals surface area contributed by atoms with Gasteiger partial charge in [-0.3, -0.25) is 19.4 Å². The van der Waals surface area contributed by atoms with Gasteiger partial charge in [0.1, 0.15) is 23.6 Å². The Morgan fingerprint density at radius 2 is 0.897 bits per heavy atom. The molecule has 0 radical (unpaired) electrons. The average molecular weight is 1050 g/mol. The molecule has 4 atom stereocenters. The molecule has 8 rings (SSSR count). The molecule has 0 saturated carbocycles. The molecule has 0 bridgehead atoms. The number of likely N-dealkylation sites (N-methyl/N-ethyl adjacent to an activating group) is 2. The fourth-order valence-electron chi connectivity index (χ4n) is 9.92. The first-order valence-corrected chi connectivity index (χ1v) is 25.1. The Labute approximate surface area is 473 Å². The van der Waals surface area contributed by atoms with E-state index in [1.807, 2.05) is 191 Å². The third-order valence-electron chi connectivity index (χ3n) is 14.1. The van der Waals surface area contributed by atoms with Gasteiger partial charge in [-0.1, -0.05) is 152 Å². The number of aliphatic carboxylic acids is 1. The van der Waals surface area contributed by atoms with Crippen LogP contribution in [0.25, 0.3) is 0 Å². The number of likely N-dealkylation sites (tertiary alicyclic amines) is 2. The number of methoxy groups -OCH3 is 3. The van der Waals surface area contributed by atoms with Gasteiger partial charge in [0.15, 0.2) is 0 Å². The van der Waals surface area contributed by atoms with Crippen molar-refractivity contribution in [1.29, 1.82) is 0 Å². The van der Waals surface area contributed by atoms with Crippen molar-refractivity contribution in [3.05, 3.63) is 202 Å². The Morgan fingerprint density at radius 3 is 1.21 bits per heavy atom. The third kappa shape index (κ3) is 15.8. The number of ether oxygens (including phenoxy) is 3. The van der Waals surface area contributed by atoms with E-state index in [-0.39, 0.29) is 55.7 Å². The van der Waals surface area contributed by atoms with E-state index in [1.165, 1.54) is 12.0 Å². The molecule has 2 aliphatic heterocycles. The number of benzene rings is 6. The zero-order valence-electron chi connectivity index (χ0n) is 45.3. The number of carbonyl (C=O) groups excluding carboxylic acids is 3. The summed E-state index contributed by atoms with van der Waals surface area (Å²) in [6, 6.07) is 48.5. The third-order valence-corrected chi connectivity index (χ3v) is 14.1. The predicted octanol–water partition coefficient (Wildman–Crippen LogP) is 5.90. The molecule has 2 aliphatic rings. The minimum Gasteiger partial charge on any atom is -0.870 e. The summed E-state index contributed by atoms with van der Waals surface area (Å²) in [4.78, 5) is 60.4. The van der Waals surface area contributed by atoms with Gasteiger partial charge in [0.2, 0.25) is 11.8 Å². The largest absolute Gasteiger partial charge is 1.00 e. The number of rotatable bonds is 14. The molecule has 6 aromatic rings. The quantitative estimate of drug-likeness (QED) is 0.0787. The Hall–Kier alpha value is -7.60. The first-order valence-electron chi connectivity index (χ1n) is 25.1. The number of carboxylic acid groups (broad SMARTS) is 1. The summed E-state index contributed by atoms with van der Waals surface area (Å²) < 4.78 is 15.7. The monoisotopic (exact) mass is 1050 g/mol. The average Bonchev–Trinajstić information content (AvgIpc) is 4.13. The maximum Gasteiger partial charge on any atom is 1.00 e.